The van der Waals surface area contributed by atoms with E-state index in [4.69, 9.17) is 4.74 Å². The van der Waals surface area contributed by atoms with Crippen LogP contribution in [0, 0.1) is 0 Å². The highest BCUT2D eigenvalue weighted by atomic mass is 79.9. The van der Waals surface area contributed by atoms with Crippen LogP contribution in [0.1, 0.15) is 0 Å². The molecule has 5 nitrogen and oxygen atoms in total. The van der Waals surface area contributed by atoms with Gasteiger partial charge in [0.05, 0.1) is 23.7 Å². The van der Waals surface area contributed by atoms with Crippen molar-refractivity contribution in [3.8, 4) is 0 Å². The predicted molar refractivity (Wildman–Crippen MR) is 65.6 cm³/mol. The average molecular weight is 287 g/mol. The standard InChI is InChI=1S/C10H15BrN4O/c1-12-6-9-7-16-3-2-15(9)10-13-4-8(11)5-14-10/h4-5,9,12H,2-3,6-7H2,1H3. The number of hydrogen-bond acceptors (Lipinski definition) is 5. The van der Waals surface area contributed by atoms with E-state index in [1.807, 2.05) is 7.05 Å². The highest BCUT2D eigenvalue weighted by Crippen LogP contribution is 2.16. The summed E-state index contributed by atoms with van der Waals surface area (Å²) < 4.78 is 6.36. The molecule has 16 heavy (non-hydrogen) atoms. The van der Waals surface area contributed by atoms with Crippen molar-refractivity contribution in [2.75, 3.05) is 38.3 Å². The number of ether oxygens (including phenoxy) is 1. The zero-order valence-corrected chi connectivity index (χ0v) is 10.8. The molecule has 0 aromatic carbocycles. The molecule has 1 aliphatic heterocycles. The number of hydrogen-bond donors (Lipinski definition) is 1. The molecule has 0 amide bonds. The Labute approximate surface area is 103 Å². The predicted octanol–water partition coefficient (Wildman–Crippen LogP) is 0.664. The van der Waals surface area contributed by atoms with Gasteiger partial charge in [0.1, 0.15) is 0 Å². The summed E-state index contributed by atoms with van der Waals surface area (Å²) in [7, 11) is 1.94. The van der Waals surface area contributed by atoms with Crippen LogP contribution in [-0.4, -0.2) is 49.4 Å². The molecule has 0 radical (unpaired) electrons. The zero-order valence-electron chi connectivity index (χ0n) is 9.19. The van der Waals surface area contributed by atoms with Crippen LogP contribution in [0.5, 0.6) is 0 Å². The van der Waals surface area contributed by atoms with Gasteiger partial charge in [0.25, 0.3) is 0 Å². The summed E-state index contributed by atoms with van der Waals surface area (Å²) in [5.74, 6) is 0.770. The molecular weight excluding hydrogens is 272 g/mol. The zero-order chi connectivity index (χ0) is 11.4. The lowest BCUT2D eigenvalue weighted by molar-refractivity contribution is 0.0934. The Bertz CT molecular complexity index is 330. The van der Waals surface area contributed by atoms with Crippen molar-refractivity contribution < 1.29 is 4.74 Å². The second-order valence-corrected chi connectivity index (χ2v) is 4.60. The Hall–Kier alpha value is -0.720. The van der Waals surface area contributed by atoms with Gasteiger partial charge in [-0.15, -0.1) is 0 Å². The van der Waals surface area contributed by atoms with Crippen LogP contribution in [0.4, 0.5) is 5.95 Å². The molecule has 1 fully saturated rings. The number of halogens is 1. The molecule has 6 heteroatoms. The molecule has 2 rings (SSSR count). The lowest BCUT2D eigenvalue weighted by Gasteiger charge is -2.35. The maximum absolute atomic E-state index is 5.46. The van der Waals surface area contributed by atoms with Gasteiger partial charge >= 0.3 is 0 Å². The smallest absolute Gasteiger partial charge is 0.225 e. The normalized spacial score (nSPS) is 21.1. The van der Waals surface area contributed by atoms with Gasteiger partial charge in [-0.3, -0.25) is 0 Å². The number of nitrogens with one attached hydrogen (secondary N) is 1. The summed E-state index contributed by atoms with van der Waals surface area (Å²) in [5, 5.41) is 3.16. The van der Waals surface area contributed by atoms with Crippen LogP contribution >= 0.6 is 15.9 Å². The van der Waals surface area contributed by atoms with Gasteiger partial charge in [-0.05, 0) is 23.0 Å². The fourth-order valence-electron chi connectivity index (χ4n) is 1.78. The van der Waals surface area contributed by atoms with Crippen LogP contribution in [0.15, 0.2) is 16.9 Å². The third kappa shape index (κ3) is 2.69. The van der Waals surface area contributed by atoms with E-state index < -0.39 is 0 Å². The fourth-order valence-corrected chi connectivity index (χ4v) is 1.98. The second kappa shape index (κ2) is 5.56. The van der Waals surface area contributed by atoms with Gasteiger partial charge in [-0.25, -0.2) is 9.97 Å². The molecule has 2 heterocycles. The van der Waals surface area contributed by atoms with Crippen molar-refractivity contribution in [2.24, 2.45) is 0 Å². The monoisotopic (exact) mass is 286 g/mol. The summed E-state index contributed by atoms with van der Waals surface area (Å²) in [5.41, 5.74) is 0. The van der Waals surface area contributed by atoms with E-state index in [1.165, 1.54) is 0 Å². The molecule has 88 valence electrons. The SMILES string of the molecule is CNCC1COCCN1c1ncc(Br)cn1. The van der Waals surface area contributed by atoms with Crippen LogP contribution in [0.3, 0.4) is 0 Å². The van der Waals surface area contributed by atoms with E-state index in [9.17, 15) is 0 Å². The van der Waals surface area contributed by atoms with Crippen molar-refractivity contribution in [3.63, 3.8) is 0 Å². The first-order chi connectivity index (χ1) is 7.81. The van der Waals surface area contributed by atoms with Crippen LogP contribution in [-0.2, 0) is 4.74 Å². The number of aromatic nitrogens is 2. The molecular formula is C10H15BrN4O. The van der Waals surface area contributed by atoms with Crippen molar-refractivity contribution in [1.29, 1.82) is 0 Å². The Morgan fingerprint density at radius 2 is 2.31 bits per heavy atom. The first-order valence-corrected chi connectivity index (χ1v) is 6.07. The van der Waals surface area contributed by atoms with Crippen molar-refractivity contribution >= 4 is 21.9 Å². The van der Waals surface area contributed by atoms with Crippen molar-refractivity contribution in [3.05, 3.63) is 16.9 Å². The van der Waals surface area contributed by atoms with Crippen molar-refractivity contribution in [1.82, 2.24) is 15.3 Å². The Morgan fingerprint density at radius 3 is 3.00 bits per heavy atom. The quantitative estimate of drug-likeness (QED) is 0.885. The van der Waals surface area contributed by atoms with E-state index >= 15 is 0 Å². The second-order valence-electron chi connectivity index (χ2n) is 3.68. The molecule has 1 saturated heterocycles. The number of morpholine rings is 1. The molecule has 0 saturated carbocycles. The molecule has 1 unspecified atom stereocenters. The molecule has 0 spiro atoms. The van der Waals surface area contributed by atoms with Gasteiger partial charge in [0.2, 0.25) is 5.95 Å². The third-order valence-electron chi connectivity index (χ3n) is 2.53. The Morgan fingerprint density at radius 1 is 1.56 bits per heavy atom. The molecule has 1 aliphatic rings. The van der Waals surface area contributed by atoms with E-state index in [2.05, 4.69) is 36.1 Å². The summed E-state index contributed by atoms with van der Waals surface area (Å²) in [4.78, 5) is 10.8. The summed E-state index contributed by atoms with van der Waals surface area (Å²) in [6.07, 6.45) is 3.54. The Balaban J connectivity index is 2.13. The molecule has 1 aromatic heterocycles. The molecule has 0 bridgehead atoms. The van der Waals surface area contributed by atoms with E-state index in [-0.39, 0.29) is 0 Å². The third-order valence-corrected chi connectivity index (χ3v) is 2.94. The molecule has 0 aliphatic carbocycles. The van der Waals surface area contributed by atoms with E-state index in [1.54, 1.807) is 12.4 Å². The van der Waals surface area contributed by atoms with Crippen molar-refractivity contribution in [2.45, 2.75) is 6.04 Å². The first kappa shape index (κ1) is 11.8. The minimum absolute atomic E-state index is 0.305. The average Bonchev–Trinajstić information content (AvgIpc) is 2.32. The summed E-state index contributed by atoms with van der Waals surface area (Å²) in [6, 6.07) is 0.305. The maximum Gasteiger partial charge on any atom is 0.225 e. The molecule has 1 atom stereocenters. The minimum atomic E-state index is 0.305. The number of anilines is 1. The highest BCUT2D eigenvalue weighted by Gasteiger charge is 2.24. The van der Waals surface area contributed by atoms with E-state index in [0.717, 1.165) is 36.7 Å². The summed E-state index contributed by atoms with van der Waals surface area (Å²) >= 11 is 3.33. The summed E-state index contributed by atoms with van der Waals surface area (Å²) in [6.45, 7) is 3.17. The number of likely N-dealkylation sites (N-methyl/N-ethyl adjacent to an activating group) is 1. The van der Waals surface area contributed by atoms with Gasteiger partial charge in [0.15, 0.2) is 0 Å². The molecule has 1 aromatic rings. The van der Waals surface area contributed by atoms with Crippen LogP contribution < -0.4 is 10.2 Å². The highest BCUT2D eigenvalue weighted by molar-refractivity contribution is 9.10. The minimum Gasteiger partial charge on any atom is -0.377 e. The topological polar surface area (TPSA) is 50.3 Å². The van der Waals surface area contributed by atoms with Gasteiger partial charge in [0, 0.05) is 25.5 Å². The van der Waals surface area contributed by atoms with Gasteiger partial charge < -0.3 is 15.0 Å². The molecule has 1 N–H and O–H groups in total. The van der Waals surface area contributed by atoms with E-state index in [0.29, 0.717) is 6.04 Å². The van der Waals surface area contributed by atoms with Crippen LogP contribution in [0.25, 0.3) is 0 Å². The lowest BCUT2D eigenvalue weighted by atomic mass is 10.2. The fraction of sp³-hybridized carbons (Fsp3) is 0.600. The number of nitrogens with zero attached hydrogens (tertiary/aromatic N) is 3. The largest absolute Gasteiger partial charge is 0.377 e. The number of rotatable bonds is 3. The van der Waals surface area contributed by atoms with Gasteiger partial charge in [-0.1, -0.05) is 0 Å². The lowest BCUT2D eigenvalue weighted by Crippen LogP contribution is -2.50. The first-order valence-electron chi connectivity index (χ1n) is 5.28. The van der Waals surface area contributed by atoms with Gasteiger partial charge in [-0.2, -0.15) is 0 Å². The Kier molecular flexibility index (Phi) is 4.09. The maximum atomic E-state index is 5.46. The van der Waals surface area contributed by atoms with Crippen LogP contribution in [0.2, 0.25) is 0 Å².